The van der Waals surface area contributed by atoms with Crippen molar-refractivity contribution in [1.29, 1.82) is 0 Å². The summed E-state index contributed by atoms with van der Waals surface area (Å²) in [6.45, 7) is 12.6. The van der Waals surface area contributed by atoms with Crippen molar-refractivity contribution < 1.29 is 8.42 Å². The maximum Gasteiger partial charge on any atom is 0.150 e. The standard InChI is InChI=1S/C15H34N2O2S/c1-7-15(5,17(8-2)9-3)14(16-6)12-11-13-20(18,19)10-4/h14,16H,7-13H2,1-6H3. The molecule has 0 heterocycles. The zero-order chi connectivity index (χ0) is 15.8. The monoisotopic (exact) mass is 306 g/mol. The van der Waals surface area contributed by atoms with Gasteiger partial charge in [-0.1, -0.05) is 27.7 Å². The van der Waals surface area contributed by atoms with Gasteiger partial charge in [0.1, 0.15) is 9.84 Å². The molecular weight excluding hydrogens is 272 g/mol. The van der Waals surface area contributed by atoms with Crippen LogP contribution in [0.15, 0.2) is 0 Å². The largest absolute Gasteiger partial charge is 0.315 e. The van der Waals surface area contributed by atoms with Gasteiger partial charge >= 0.3 is 0 Å². The second-order valence-corrected chi connectivity index (χ2v) is 8.08. The molecule has 0 amide bonds. The van der Waals surface area contributed by atoms with Gasteiger partial charge in [-0.05, 0) is 46.3 Å². The van der Waals surface area contributed by atoms with Crippen LogP contribution >= 0.6 is 0 Å². The summed E-state index contributed by atoms with van der Waals surface area (Å²) in [6, 6.07) is 0.319. The van der Waals surface area contributed by atoms with Crippen molar-refractivity contribution in [2.45, 2.75) is 65.5 Å². The number of rotatable bonds is 11. The summed E-state index contributed by atoms with van der Waals surface area (Å²) in [5.41, 5.74) is 0.0776. The van der Waals surface area contributed by atoms with Gasteiger partial charge in [-0.15, -0.1) is 0 Å². The van der Waals surface area contributed by atoms with Crippen molar-refractivity contribution in [2.24, 2.45) is 0 Å². The van der Waals surface area contributed by atoms with Crippen LogP contribution in [-0.2, 0) is 9.84 Å². The van der Waals surface area contributed by atoms with E-state index in [2.05, 4.69) is 37.9 Å². The Labute approximate surface area is 126 Å². The third kappa shape index (κ3) is 5.34. The van der Waals surface area contributed by atoms with E-state index in [9.17, 15) is 8.42 Å². The van der Waals surface area contributed by atoms with Crippen LogP contribution in [0.5, 0.6) is 0 Å². The Kier molecular flexibility index (Phi) is 8.95. The quantitative estimate of drug-likeness (QED) is 0.636. The molecule has 0 aliphatic heterocycles. The molecule has 0 aliphatic carbocycles. The zero-order valence-electron chi connectivity index (χ0n) is 14.2. The van der Waals surface area contributed by atoms with E-state index < -0.39 is 9.84 Å². The average Bonchev–Trinajstić information content (AvgIpc) is 2.44. The van der Waals surface area contributed by atoms with Gasteiger partial charge in [0.15, 0.2) is 0 Å². The molecule has 0 aliphatic rings. The molecule has 0 saturated heterocycles. The molecule has 0 saturated carbocycles. The number of hydrogen-bond acceptors (Lipinski definition) is 4. The van der Waals surface area contributed by atoms with Crippen molar-refractivity contribution in [2.75, 3.05) is 31.6 Å². The Morgan fingerprint density at radius 2 is 1.70 bits per heavy atom. The highest BCUT2D eigenvalue weighted by Gasteiger charge is 2.35. The van der Waals surface area contributed by atoms with Gasteiger partial charge in [-0.2, -0.15) is 0 Å². The van der Waals surface area contributed by atoms with E-state index in [0.29, 0.717) is 11.8 Å². The summed E-state index contributed by atoms with van der Waals surface area (Å²) in [5, 5.41) is 3.41. The van der Waals surface area contributed by atoms with Gasteiger partial charge in [0.2, 0.25) is 0 Å². The molecule has 0 bridgehead atoms. The van der Waals surface area contributed by atoms with E-state index in [1.165, 1.54) is 0 Å². The third-order valence-electron chi connectivity index (χ3n) is 4.69. The molecule has 0 aromatic carbocycles. The van der Waals surface area contributed by atoms with E-state index in [1.807, 2.05) is 7.05 Å². The van der Waals surface area contributed by atoms with Crippen LogP contribution in [0.1, 0.15) is 53.9 Å². The highest BCUT2D eigenvalue weighted by molar-refractivity contribution is 7.91. The van der Waals surface area contributed by atoms with Gasteiger partial charge < -0.3 is 5.32 Å². The molecule has 4 nitrogen and oxygen atoms in total. The summed E-state index contributed by atoms with van der Waals surface area (Å²) in [5.74, 6) is 0.554. The van der Waals surface area contributed by atoms with Gasteiger partial charge in [0, 0.05) is 17.3 Å². The van der Waals surface area contributed by atoms with E-state index in [4.69, 9.17) is 0 Å². The van der Waals surface area contributed by atoms with E-state index in [-0.39, 0.29) is 11.3 Å². The predicted octanol–water partition coefficient (Wildman–Crippen LogP) is 2.30. The van der Waals surface area contributed by atoms with Crippen LogP contribution in [0.3, 0.4) is 0 Å². The molecule has 0 radical (unpaired) electrons. The lowest BCUT2D eigenvalue weighted by atomic mass is 9.84. The molecule has 0 aromatic heterocycles. The predicted molar refractivity (Wildman–Crippen MR) is 88.0 cm³/mol. The summed E-state index contributed by atoms with van der Waals surface area (Å²) in [4.78, 5) is 2.47. The summed E-state index contributed by atoms with van der Waals surface area (Å²) in [7, 11) is -0.866. The van der Waals surface area contributed by atoms with E-state index in [1.54, 1.807) is 6.92 Å². The second kappa shape index (κ2) is 9.00. The summed E-state index contributed by atoms with van der Waals surface area (Å²) in [6.07, 6.45) is 2.69. The first kappa shape index (κ1) is 19.9. The van der Waals surface area contributed by atoms with E-state index >= 15 is 0 Å². The first-order chi connectivity index (χ1) is 9.31. The average molecular weight is 307 g/mol. The fourth-order valence-corrected chi connectivity index (χ4v) is 3.95. The zero-order valence-corrected chi connectivity index (χ0v) is 15.0. The molecule has 1 N–H and O–H groups in total. The maximum atomic E-state index is 11.6. The SMILES string of the molecule is CCN(CC)C(C)(CC)C(CCCS(=O)(=O)CC)NC. The first-order valence-corrected chi connectivity index (χ1v) is 9.76. The molecule has 2 unspecified atom stereocenters. The summed E-state index contributed by atoms with van der Waals surface area (Å²) >= 11 is 0. The Morgan fingerprint density at radius 3 is 2.05 bits per heavy atom. The lowest BCUT2D eigenvalue weighted by Gasteiger charge is -2.46. The van der Waals surface area contributed by atoms with Crippen LogP contribution in [0.4, 0.5) is 0 Å². The highest BCUT2D eigenvalue weighted by atomic mass is 32.2. The normalized spacial score (nSPS) is 17.1. The molecule has 5 heteroatoms. The van der Waals surface area contributed by atoms with Crippen molar-refractivity contribution in [3.05, 3.63) is 0 Å². The fraction of sp³-hybridized carbons (Fsp3) is 1.00. The van der Waals surface area contributed by atoms with Crippen LogP contribution in [0.25, 0.3) is 0 Å². The Hall–Kier alpha value is -0.130. The van der Waals surface area contributed by atoms with Crippen molar-refractivity contribution in [1.82, 2.24) is 10.2 Å². The van der Waals surface area contributed by atoms with Crippen molar-refractivity contribution >= 4 is 9.84 Å². The van der Waals surface area contributed by atoms with Crippen molar-refractivity contribution in [3.63, 3.8) is 0 Å². The molecule has 2 atom stereocenters. The van der Waals surface area contributed by atoms with Gasteiger partial charge in [0.05, 0.1) is 5.75 Å². The number of likely N-dealkylation sites (N-methyl/N-ethyl adjacent to an activating group) is 2. The second-order valence-electron chi connectivity index (χ2n) is 5.60. The minimum absolute atomic E-state index is 0.0776. The number of nitrogens with one attached hydrogen (secondary N) is 1. The van der Waals surface area contributed by atoms with Gasteiger partial charge in [0.25, 0.3) is 0 Å². The minimum atomic E-state index is -2.85. The lowest BCUT2D eigenvalue weighted by molar-refractivity contribution is 0.0695. The number of nitrogens with zero attached hydrogens (tertiary/aromatic N) is 1. The van der Waals surface area contributed by atoms with Crippen LogP contribution in [0.2, 0.25) is 0 Å². The Bertz CT molecular complexity index is 353. The summed E-state index contributed by atoms with van der Waals surface area (Å²) < 4.78 is 23.2. The molecule has 0 rings (SSSR count). The van der Waals surface area contributed by atoms with E-state index in [0.717, 1.165) is 32.4 Å². The lowest BCUT2D eigenvalue weighted by Crippen LogP contribution is -2.58. The first-order valence-electron chi connectivity index (χ1n) is 7.93. The molecule has 0 aromatic rings. The highest BCUT2D eigenvalue weighted by Crippen LogP contribution is 2.26. The maximum absolute atomic E-state index is 11.6. The van der Waals surface area contributed by atoms with Gasteiger partial charge in [-0.25, -0.2) is 8.42 Å². The minimum Gasteiger partial charge on any atom is -0.315 e. The Balaban J connectivity index is 4.78. The van der Waals surface area contributed by atoms with Crippen LogP contribution < -0.4 is 5.32 Å². The molecule has 122 valence electrons. The number of sulfone groups is 1. The Morgan fingerprint density at radius 1 is 1.15 bits per heavy atom. The molecular formula is C15H34N2O2S. The smallest absolute Gasteiger partial charge is 0.150 e. The fourth-order valence-electron chi connectivity index (χ4n) is 3.05. The third-order valence-corrected chi connectivity index (χ3v) is 6.48. The van der Waals surface area contributed by atoms with Crippen LogP contribution in [-0.4, -0.2) is 56.5 Å². The number of hydrogen-bond donors (Lipinski definition) is 1. The van der Waals surface area contributed by atoms with Crippen LogP contribution in [0, 0.1) is 0 Å². The molecule has 0 fully saturated rings. The topological polar surface area (TPSA) is 49.4 Å². The van der Waals surface area contributed by atoms with Gasteiger partial charge in [-0.3, -0.25) is 4.90 Å². The molecule has 20 heavy (non-hydrogen) atoms. The molecule has 0 spiro atoms. The van der Waals surface area contributed by atoms with Crippen molar-refractivity contribution in [3.8, 4) is 0 Å².